The second-order valence-electron chi connectivity index (χ2n) is 2.95. The molecular formula is C12H14S. The standard InChI is InChI=1S/C12H14S/c1-3-5-10-7-8-11(6-4-2)12(13)9-10/h3-4,7-9,13H,1-2,5-6H2. The Morgan fingerprint density at radius 2 is 1.85 bits per heavy atom. The Balaban J connectivity index is 2.90. The van der Waals surface area contributed by atoms with Crippen LogP contribution in [0.15, 0.2) is 48.4 Å². The highest BCUT2D eigenvalue weighted by Crippen LogP contribution is 2.17. The maximum atomic E-state index is 4.41. The Labute approximate surface area is 85.4 Å². The van der Waals surface area contributed by atoms with Crippen LogP contribution in [0.3, 0.4) is 0 Å². The molecule has 0 aliphatic rings. The normalized spacial score (nSPS) is 9.62. The number of hydrogen-bond donors (Lipinski definition) is 1. The fourth-order valence-electron chi connectivity index (χ4n) is 1.23. The molecule has 0 saturated heterocycles. The van der Waals surface area contributed by atoms with Gasteiger partial charge in [-0.25, -0.2) is 0 Å². The van der Waals surface area contributed by atoms with E-state index in [4.69, 9.17) is 0 Å². The molecule has 0 spiro atoms. The zero-order valence-electron chi connectivity index (χ0n) is 7.66. The smallest absolute Gasteiger partial charge is 0.00780 e. The van der Waals surface area contributed by atoms with Gasteiger partial charge in [0, 0.05) is 4.90 Å². The lowest BCUT2D eigenvalue weighted by atomic mass is 10.1. The molecule has 1 aromatic rings. The van der Waals surface area contributed by atoms with E-state index in [1.54, 1.807) is 0 Å². The van der Waals surface area contributed by atoms with E-state index in [1.807, 2.05) is 12.2 Å². The van der Waals surface area contributed by atoms with Gasteiger partial charge < -0.3 is 0 Å². The Bertz CT molecular complexity index is 313. The molecule has 68 valence electrons. The van der Waals surface area contributed by atoms with Gasteiger partial charge >= 0.3 is 0 Å². The molecule has 13 heavy (non-hydrogen) atoms. The maximum Gasteiger partial charge on any atom is 0.00780 e. The summed E-state index contributed by atoms with van der Waals surface area (Å²) >= 11 is 4.41. The van der Waals surface area contributed by atoms with Crippen LogP contribution in [0.1, 0.15) is 11.1 Å². The van der Waals surface area contributed by atoms with E-state index in [1.165, 1.54) is 11.1 Å². The van der Waals surface area contributed by atoms with Crippen molar-refractivity contribution in [3.8, 4) is 0 Å². The maximum absolute atomic E-state index is 4.41. The summed E-state index contributed by atoms with van der Waals surface area (Å²) in [6.45, 7) is 7.41. The van der Waals surface area contributed by atoms with E-state index in [0.717, 1.165) is 17.7 Å². The van der Waals surface area contributed by atoms with Crippen molar-refractivity contribution >= 4 is 12.6 Å². The molecule has 0 radical (unpaired) electrons. The van der Waals surface area contributed by atoms with Crippen LogP contribution in [0.5, 0.6) is 0 Å². The van der Waals surface area contributed by atoms with Gasteiger partial charge in [-0.05, 0) is 30.0 Å². The molecule has 0 fully saturated rings. The van der Waals surface area contributed by atoms with Crippen molar-refractivity contribution in [2.45, 2.75) is 17.7 Å². The van der Waals surface area contributed by atoms with Crippen molar-refractivity contribution in [1.82, 2.24) is 0 Å². The van der Waals surface area contributed by atoms with Gasteiger partial charge in [0.05, 0.1) is 0 Å². The molecule has 1 rings (SSSR count). The summed E-state index contributed by atoms with van der Waals surface area (Å²) in [5, 5.41) is 0. The number of rotatable bonds is 4. The van der Waals surface area contributed by atoms with Gasteiger partial charge in [0.1, 0.15) is 0 Å². The molecule has 0 unspecified atom stereocenters. The molecule has 0 nitrogen and oxygen atoms in total. The fraction of sp³-hybridized carbons (Fsp3) is 0.167. The highest BCUT2D eigenvalue weighted by atomic mass is 32.1. The zero-order valence-corrected chi connectivity index (χ0v) is 8.56. The molecule has 0 bridgehead atoms. The molecule has 0 N–H and O–H groups in total. The van der Waals surface area contributed by atoms with E-state index in [-0.39, 0.29) is 0 Å². The quantitative estimate of drug-likeness (QED) is 0.546. The van der Waals surface area contributed by atoms with E-state index in [9.17, 15) is 0 Å². The first kappa shape index (κ1) is 10.1. The number of benzene rings is 1. The van der Waals surface area contributed by atoms with E-state index >= 15 is 0 Å². The van der Waals surface area contributed by atoms with Crippen LogP contribution in [0.25, 0.3) is 0 Å². The molecule has 0 aromatic heterocycles. The van der Waals surface area contributed by atoms with Gasteiger partial charge in [-0.15, -0.1) is 25.8 Å². The molecule has 0 heterocycles. The lowest BCUT2D eigenvalue weighted by Gasteiger charge is -2.04. The zero-order chi connectivity index (χ0) is 9.68. The molecule has 0 aliphatic carbocycles. The van der Waals surface area contributed by atoms with Crippen LogP contribution >= 0.6 is 12.6 Å². The Hall–Kier alpha value is -0.950. The molecule has 0 atom stereocenters. The first-order valence-electron chi connectivity index (χ1n) is 4.30. The third kappa shape index (κ3) is 2.78. The molecule has 1 heteroatoms. The highest BCUT2D eigenvalue weighted by Gasteiger charge is 1.97. The number of thiol groups is 1. The second-order valence-corrected chi connectivity index (χ2v) is 3.43. The van der Waals surface area contributed by atoms with Gasteiger partial charge in [0.25, 0.3) is 0 Å². The van der Waals surface area contributed by atoms with Crippen molar-refractivity contribution < 1.29 is 0 Å². The number of allylic oxidation sites excluding steroid dienone is 2. The SMILES string of the molecule is C=CCc1ccc(CC=C)c(S)c1. The van der Waals surface area contributed by atoms with Crippen molar-refractivity contribution in [2.75, 3.05) is 0 Å². The summed E-state index contributed by atoms with van der Waals surface area (Å²) < 4.78 is 0. The predicted molar refractivity (Wildman–Crippen MR) is 61.5 cm³/mol. The predicted octanol–water partition coefficient (Wildman–Crippen LogP) is 3.43. The summed E-state index contributed by atoms with van der Waals surface area (Å²) in [5.41, 5.74) is 2.49. The topological polar surface area (TPSA) is 0 Å². The van der Waals surface area contributed by atoms with Gasteiger partial charge in [0.15, 0.2) is 0 Å². The van der Waals surface area contributed by atoms with E-state index in [2.05, 4.69) is 44.0 Å². The van der Waals surface area contributed by atoms with Gasteiger partial charge in [-0.2, -0.15) is 0 Å². The van der Waals surface area contributed by atoms with E-state index < -0.39 is 0 Å². The Kier molecular flexibility index (Phi) is 3.84. The van der Waals surface area contributed by atoms with Crippen molar-refractivity contribution in [2.24, 2.45) is 0 Å². The summed E-state index contributed by atoms with van der Waals surface area (Å²) in [6.07, 6.45) is 5.58. The Morgan fingerprint density at radius 3 is 2.38 bits per heavy atom. The minimum Gasteiger partial charge on any atom is -0.143 e. The summed E-state index contributed by atoms with van der Waals surface area (Å²) in [5.74, 6) is 0. The van der Waals surface area contributed by atoms with Crippen LogP contribution in [0, 0.1) is 0 Å². The fourth-order valence-corrected chi connectivity index (χ4v) is 1.56. The molecule has 0 saturated carbocycles. The minimum atomic E-state index is 0.882. The van der Waals surface area contributed by atoms with Crippen LogP contribution < -0.4 is 0 Å². The third-order valence-corrected chi connectivity index (χ3v) is 2.31. The lowest BCUT2D eigenvalue weighted by Crippen LogP contribution is -1.87. The molecule has 0 aliphatic heterocycles. The first-order chi connectivity index (χ1) is 6.27. The number of hydrogen-bond acceptors (Lipinski definition) is 1. The average molecular weight is 190 g/mol. The lowest BCUT2D eigenvalue weighted by molar-refractivity contribution is 1.14. The first-order valence-corrected chi connectivity index (χ1v) is 4.75. The summed E-state index contributed by atoms with van der Waals surface area (Å²) in [7, 11) is 0. The van der Waals surface area contributed by atoms with Gasteiger partial charge in [-0.3, -0.25) is 0 Å². The third-order valence-electron chi connectivity index (χ3n) is 1.89. The van der Waals surface area contributed by atoms with Crippen molar-refractivity contribution in [1.29, 1.82) is 0 Å². The molecule has 0 amide bonds. The van der Waals surface area contributed by atoms with Gasteiger partial charge in [0.2, 0.25) is 0 Å². The summed E-state index contributed by atoms with van der Waals surface area (Å²) in [4.78, 5) is 1.04. The van der Waals surface area contributed by atoms with E-state index in [0.29, 0.717) is 0 Å². The van der Waals surface area contributed by atoms with Crippen molar-refractivity contribution in [3.63, 3.8) is 0 Å². The van der Waals surface area contributed by atoms with Crippen LogP contribution in [0.2, 0.25) is 0 Å². The Morgan fingerprint density at radius 1 is 1.15 bits per heavy atom. The monoisotopic (exact) mass is 190 g/mol. The van der Waals surface area contributed by atoms with Crippen molar-refractivity contribution in [3.05, 3.63) is 54.6 Å². The average Bonchev–Trinajstić information content (AvgIpc) is 2.10. The molecular weight excluding hydrogens is 176 g/mol. The van der Waals surface area contributed by atoms with Crippen LogP contribution in [-0.4, -0.2) is 0 Å². The largest absolute Gasteiger partial charge is 0.143 e. The minimum absolute atomic E-state index is 0.882. The van der Waals surface area contributed by atoms with Gasteiger partial charge in [-0.1, -0.05) is 24.3 Å². The molecule has 1 aromatic carbocycles. The summed E-state index contributed by atoms with van der Waals surface area (Å²) in [6, 6.07) is 6.30. The highest BCUT2D eigenvalue weighted by molar-refractivity contribution is 7.80. The van der Waals surface area contributed by atoms with Crippen LogP contribution in [-0.2, 0) is 12.8 Å². The second kappa shape index (κ2) is 4.93. The van der Waals surface area contributed by atoms with Crippen LogP contribution in [0.4, 0.5) is 0 Å².